The Morgan fingerprint density at radius 3 is 2.50 bits per heavy atom. The molecule has 2 heterocycles. The maximum Gasteiger partial charge on any atom is 0.224 e. The first-order valence-corrected chi connectivity index (χ1v) is 10.1. The van der Waals surface area contributed by atoms with Gasteiger partial charge in [0.2, 0.25) is 5.91 Å². The van der Waals surface area contributed by atoms with Crippen molar-refractivity contribution in [2.75, 3.05) is 32.8 Å². The molecular weight excluding hydrogens is 356 g/mol. The van der Waals surface area contributed by atoms with Gasteiger partial charge in [0.25, 0.3) is 0 Å². The van der Waals surface area contributed by atoms with E-state index in [1.807, 2.05) is 24.3 Å². The highest BCUT2D eigenvalue weighted by atomic mass is 16.5. The van der Waals surface area contributed by atoms with Crippen molar-refractivity contribution >= 4 is 5.91 Å². The van der Waals surface area contributed by atoms with E-state index < -0.39 is 0 Å². The van der Waals surface area contributed by atoms with Gasteiger partial charge in [-0.25, -0.2) is 4.68 Å². The first kappa shape index (κ1) is 20.4. The number of benzene rings is 1. The Bertz CT molecular complexity index is 709. The number of ether oxygens (including phenoxy) is 1. The number of rotatable bonds is 9. The number of nitrogens with zero attached hydrogens (tertiary/aromatic N) is 5. The standard InChI is InChI=1S/C20H30N6O2/c1-3-17(4-2)19(25-9-11-28-12-10-25)14-21-20(27)13-16-5-7-18(8-6-16)26-15-22-23-24-26/h5-8,15,17,19H,3-4,9-14H2,1-2H3,(H,21,27). The minimum Gasteiger partial charge on any atom is -0.379 e. The largest absolute Gasteiger partial charge is 0.379 e. The molecule has 0 spiro atoms. The summed E-state index contributed by atoms with van der Waals surface area (Å²) in [5.74, 6) is 0.633. The zero-order valence-electron chi connectivity index (χ0n) is 16.8. The molecule has 8 heteroatoms. The van der Waals surface area contributed by atoms with Crippen LogP contribution in [-0.4, -0.2) is 69.9 Å². The molecule has 1 N–H and O–H groups in total. The molecule has 1 aromatic carbocycles. The van der Waals surface area contributed by atoms with Gasteiger partial charge in [-0.1, -0.05) is 38.8 Å². The SMILES string of the molecule is CCC(CC)C(CNC(=O)Cc1ccc(-n2cnnn2)cc1)N1CCOCC1. The predicted molar refractivity (Wildman–Crippen MR) is 106 cm³/mol. The molecule has 1 saturated heterocycles. The Balaban J connectivity index is 1.55. The van der Waals surface area contributed by atoms with E-state index in [1.54, 1.807) is 11.0 Å². The second kappa shape index (κ2) is 10.3. The van der Waals surface area contributed by atoms with Crippen LogP contribution in [0.25, 0.3) is 5.69 Å². The third kappa shape index (κ3) is 5.36. The summed E-state index contributed by atoms with van der Waals surface area (Å²) in [4.78, 5) is 15.0. The molecule has 152 valence electrons. The lowest BCUT2D eigenvalue weighted by atomic mass is 9.92. The molecule has 28 heavy (non-hydrogen) atoms. The molecule has 3 rings (SSSR count). The second-order valence-electron chi connectivity index (χ2n) is 7.19. The molecule has 1 aliphatic heterocycles. The van der Waals surface area contributed by atoms with E-state index in [0.29, 0.717) is 24.9 Å². The number of tetrazole rings is 1. The average Bonchev–Trinajstić information content (AvgIpc) is 3.27. The fraction of sp³-hybridized carbons (Fsp3) is 0.600. The van der Waals surface area contributed by atoms with Crippen LogP contribution >= 0.6 is 0 Å². The summed E-state index contributed by atoms with van der Waals surface area (Å²) < 4.78 is 7.08. The van der Waals surface area contributed by atoms with Gasteiger partial charge in [-0.2, -0.15) is 0 Å². The number of amides is 1. The van der Waals surface area contributed by atoms with Crippen molar-refractivity contribution in [3.05, 3.63) is 36.2 Å². The molecule has 1 fully saturated rings. The van der Waals surface area contributed by atoms with Crippen molar-refractivity contribution in [1.82, 2.24) is 30.4 Å². The molecule has 0 aliphatic carbocycles. The smallest absolute Gasteiger partial charge is 0.224 e. The molecule has 1 atom stereocenters. The summed E-state index contributed by atoms with van der Waals surface area (Å²) in [6, 6.07) is 8.08. The van der Waals surface area contributed by atoms with Crippen molar-refractivity contribution in [1.29, 1.82) is 0 Å². The Morgan fingerprint density at radius 1 is 1.18 bits per heavy atom. The van der Waals surface area contributed by atoms with Crippen LogP contribution in [0.2, 0.25) is 0 Å². The molecule has 1 unspecified atom stereocenters. The third-order valence-corrected chi connectivity index (χ3v) is 5.53. The summed E-state index contributed by atoms with van der Waals surface area (Å²) in [5.41, 5.74) is 1.84. The molecule has 0 radical (unpaired) electrons. The number of morpholine rings is 1. The van der Waals surface area contributed by atoms with E-state index in [-0.39, 0.29) is 5.91 Å². The summed E-state index contributed by atoms with van der Waals surface area (Å²) in [6.07, 6.45) is 4.15. The molecule has 1 aliphatic rings. The van der Waals surface area contributed by atoms with Crippen LogP contribution in [-0.2, 0) is 16.0 Å². The van der Waals surface area contributed by atoms with Crippen LogP contribution in [0, 0.1) is 5.92 Å². The van der Waals surface area contributed by atoms with E-state index in [2.05, 4.69) is 39.6 Å². The first-order valence-electron chi connectivity index (χ1n) is 10.1. The van der Waals surface area contributed by atoms with E-state index >= 15 is 0 Å². The topological polar surface area (TPSA) is 85.2 Å². The van der Waals surface area contributed by atoms with Crippen molar-refractivity contribution in [2.24, 2.45) is 5.92 Å². The van der Waals surface area contributed by atoms with Crippen molar-refractivity contribution in [3.63, 3.8) is 0 Å². The van der Waals surface area contributed by atoms with Crippen LogP contribution in [0.1, 0.15) is 32.3 Å². The van der Waals surface area contributed by atoms with Crippen LogP contribution < -0.4 is 5.32 Å². The van der Waals surface area contributed by atoms with Crippen molar-refractivity contribution in [3.8, 4) is 5.69 Å². The van der Waals surface area contributed by atoms with Crippen LogP contribution in [0.4, 0.5) is 0 Å². The normalized spacial score (nSPS) is 16.2. The predicted octanol–water partition coefficient (Wildman–Crippen LogP) is 1.46. The van der Waals surface area contributed by atoms with E-state index in [0.717, 1.165) is 50.4 Å². The number of carbonyl (C=O) groups is 1. The molecule has 0 saturated carbocycles. The van der Waals surface area contributed by atoms with Gasteiger partial charge in [-0.05, 0) is 34.0 Å². The van der Waals surface area contributed by atoms with Gasteiger partial charge >= 0.3 is 0 Å². The average molecular weight is 387 g/mol. The van der Waals surface area contributed by atoms with Crippen LogP contribution in [0.5, 0.6) is 0 Å². The van der Waals surface area contributed by atoms with Crippen LogP contribution in [0.3, 0.4) is 0 Å². The highest BCUT2D eigenvalue weighted by Crippen LogP contribution is 2.19. The fourth-order valence-corrected chi connectivity index (χ4v) is 3.85. The number of hydrogen-bond acceptors (Lipinski definition) is 6. The number of aromatic nitrogens is 4. The van der Waals surface area contributed by atoms with E-state index in [4.69, 9.17) is 4.74 Å². The lowest BCUT2D eigenvalue weighted by Crippen LogP contribution is -2.52. The zero-order chi connectivity index (χ0) is 19.8. The first-order chi connectivity index (χ1) is 13.7. The highest BCUT2D eigenvalue weighted by molar-refractivity contribution is 5.78. The quantitative estimate of drug-likeness (QED) is 0.702. The lowest BCUT2D eigenvalue weighted by molar-refractivity contribution is -0.121. The maximum atomic E-state index is 12.5. The van der Waals surface area contributed by atoms with Gasteiger partial charge in [0.05, 0.1) is 25.3 Å². The van der Waals surface area contributed by atoms with Crippen LogP contribution in [0.15, 0.2) is 30.6 Å². The minimum absolute atomic E-state index is 0.0550. The Kier molecular flexibility index (Phi) is 7.50. The molecule has 1 amide bonds. The molecule has 1 aromatic heterocycles. The third-order valence-electron chi connectivity index (χ3n) is 5.53. The van der Waals surface area contributed by atoms with Gasteiger partial charge in [0, 0.05) is 25.7 Å². The molecule has 8 nitrogen and oxygen atoms in total. The van der Waals surface area contributed by atoms with Gasteiger partial charge in [0.15, 0.2) is 0 Å². The zero-order valence-corrected chi connectivity index (χ0v) is 16.8. The fourth-order valence-electron chi connectivity index (χ4n) is 3.85. The Morgan fingerprint density at radius 2 is 1.89 bits per heavy atom. The number of nitrogens with one attached hydrogen (secondary N) is 1. The monoisotopic (exact) mass is 386 g/mol. The van der Waals surface area contributed by atoms with Gasteiger partial charge in [-0.15, -0.1) is 5.10 Å². The second-order valence-corrected chi connectivity index (χ2v) is 7.19. The van der Waals surface area contributed by atoms with Crippen molar-refractivity contribution < 1.29 is 9.53 Å². The summed E-state index contributed by atoms with van der Waals surface area (Å²) in [6.45, 7) is 8.58. The van der Waals surface area contributed by atoms with Gasteiger partial charge in [-0.3, -0.25) is 9.69 Å². The number of hydrogen-bond donors (Lipinski definition) is 1. The van der Waals surface area contributed by atoms with Gasteiger partial charge in [0.1, 0.15) is 6.33 Å². The number of carbonyl (C=O) groups excluding carboxylic acids is 1. The Hall–Kier alpha value is -2.32. The van der Waals surface area contributed by atoms with Crippen molar-refractivity contribution in [2.45, 2.75) is 39.2 Å². The molecule has 2 aromatic rings. The summed E-state index contributed by atoms with van der Waals surface area (Å²) in [5, 5.41) is 14.3. The maximum absolute atomic E-state index is 12.5. The highest BCUT2D eigenvalue weighted by Gasteiger charge is 2.27. The Labute approximate surface area is 166 Å². The minimum atomic E-state index is 0.0550. The van der Waals surface area contributed by atoms with E-state index in [1.165, 1.54) is 0 Å². The van der Waals surface area contributed by atoms with E-state index in [9.17, 15) is 4.79 Å². The lowest BCUT2D eigenvalue weighted by Gasteiger charge is -2.38. The van der Waals surface area contributed by atoms with Gasteiger partial charge < -0.3 is 10.1 Å². The molecular formula is C20H30N6O2. The molecule has 0 bridgehead atoms. The summed E-state index contributed by atoms with van der Waals surface area (Å²) in [7, 11) is 0. The summed E-state index contributed by atoms with van der Waals surface area (Å²) >= 11 is 0.